The Morgan fingerprint density at radius 1 is 0.368 bits per heavy atom. The number of amides is 6. The smallest absolute Gasteiger partial charge is 0.317 e. The first-order valence-corrected chi connectivity index (χ1v) is 21.8. The van der Waals surface area contributed by atoms with E-state index in [1.807, 2.05) is 9.80 Å². The van der Waals surface area contributed by atoms with Crippen molar-refractivity contribution in [3.8, 4) is 0 Å². The SMILES string of the molecule is CCN1CCN(C(=O)NC)CC1.CCN1CCN(C)CC1.CCN1CCNCC1.CN1CCNCC1.CNC(=O)N1CCN(C)CC1.CNC(=O)N1CCNCC1. The quantitative estimate of drug-likeness (QED) is 0.196. The number of likely N-dealkylation sites (N-methyl/N-ethyl adjacent to an activating group) is 6. The summed E-state index contributed by atoms with van der Waals surface area (Å²) in [5, 5.41) is 17.6. The maximum atomic E-state index is 11.2. The predicted octanol–water partition coefficient (Wildman–Crippen LogP) is -1.55. The molecule has 6 aliphatic rings. The number of urea groups is 3. The number of nitrogens with zero attached hydrogens (tertiary/aromatic N) is 9. The number of rotatable bonds is 3. The molecule has 6 N–H and O–H groups in total. The van der Waals surface area contributed by atoms with Gasteiger partial charge in [-0.2, -0.15) is 0 Å². The first kappa shape index (κ1) is 52.5. The molecule has 6 heterocycles. The highest BCUT2D eigenvalue weighted by atomic mass is 16.2. The fraction of sp³-hybridized carbons (Fsp3) is 0.923. The third-order valence-corrected chi connectivity index (χ3v) is 11.0. The molecule has 336 valence electrons. The zero-order chi connectivity index (χ0) is 42.3. The van der Waals surface area contributed by atoms with E-state index in [1.165, 1.54) is 78.5 Å². The average molecular weight is 814 g/mol. The van der Waals surface area contributed by atoms with Crippen LogP contribution in [0.5, 0.6) is 0 Å². The number of piperazine rings is 6. The second kappa shape index (κ2) is 33.3. The van der Waals surface area contributed by atoms with E-state index in [-0.39, 0.29) is 18.1 Å². The molecule has 0 atom stereocenters. The van der Waals surface area contributed by atoms with Gasteiger partial charge in [0.2, 0.25) is 0 Å². The third kappa shape index (κ3) is 24.9. The van der Waals surface area contributed by atoms with Gasteiger partial charge in [0.05, 0.1) is 0 Å². The van der Waals surface area contributed by atoms with Crippen LogP contribution in [0.4, 0.5) is 14.4 Å². The number of carbonyl (C=O) groups is 3. The summed E-state index contributed by atoms with van der Waals surface area (Å²) in [5.41, 5.74) is 0. The lowest BCUT2D eigenvalue weighted by Crippen LogP contribution is -2.50. The normalized spacial score (nSPS) is 21.5. The van der Waals surface area contributed by atoms with E-state index in [2.05, 4.69) is 103 Å². The summed E-state index contributed by atoms with van der Waals surface area (Å²) in [6.45, 7) is 35.5. The molecule has 0 spiro atoms. The molecule has 0 unspecified atom stereocenters. The molecule has 6 fully saturated rings. The molecule has 0 bridgehead atoms. The summed E-state index contributed by atoms with van der Waals surface area (Å²) >= 11 is 0. The van der Waals surface area contributed by atoms with Gasteiger partial charge in [-0.25, -0.2) is 14.4 Å². The molecule has 0 aromatic carbocycles. The standard InChI is InChI=1S/C8H17N3O.C7H15N3O.C7H16N2.C6H13N3O.C6H14N2.C5H12N2/c1-3-10-4-6-11(7-5-10)8(12)9-2;1-8-7(11)10-5-3-9(2)4-6-10;1-3-9-6-4-8(2)5-7-9;1-7-6(10)9-4-2-8-3-5-9;1-2-8-5-3-7-4-6-8;1-7-4-2-6-3-5-7/h3-7H2,1-2H3,(H,9,12);3-6H2,1-2H3,(H,8,11);3-7H2,1-2H3;8H,2-5H2,1H3,(H,7,10);7H,2-6H2,1H3;6H,2-5H2,1H3. The van der Waals surface area contributed by atoms with Crippen LogP contribution in [0.25, 0.3) is 0 Å². The highest BCUT2D eigenvalue weighted by molar-refractivity contribution is 5.74. The maximum absolute atomic E-state index is 11.2. The van der Waals surface area contributed by atoms with Crippen LogP contribution in [0.15, 0.2) is 0 Å². The van der Waals surface area contributed by atoms with Crippen LogP contribution < -0.4 is 31.9 Å². The first-order chi connectivity index (χ1) is 27.5. The van der Waals surface area contributed by atoms with E-state index in [4.69, 9.17) is 0 Å². The van der Waals surface area contributed by atoms with Crippen LogP contribution in [0.2, 0.25) is 0 Å². The summed E-state index contributed by atoms with van der Waals surface area (Å²) in [6.07, 6.45) is 0. The summed E-state index contributed by atoms with van der Waals surface area (Å²) in [6, 6.07) is 0.116. The molecule has 6 aliphatic heterocycles. The second-order valence-corrected chi connectivity index (χ2v) is 15.1. The molecule has 6 rings (SSSR count). The molecule has 57 heavy (non-hydrogen) atoms. The van der Waals surface area contributed by atoms with Crippen molar-refractivity contribution in [3.05, 3.63) is 0 Å². The Bertz CT molecular complexity index is 990. The molecular weight excluding hydrogens is 727 g/mol. The largest absolute Gasteiger partial charge is 0.341 e. The molecule has 18 heteroatoms. The molecular formula is C39H87N15O3. The molecule has 6 saturated heterocycles. The fourth-order valence-corrected chi connectivity index (χ4v) is 6.59. The molecule has 0 aromatic heterocycles. The van der Waals surface area contributed by atoms with Crippen molar-refractivity contribution in [1.82, 2.24) is 76.0 Å². The van der Waals surface area contributed by atoms with E-state index in [0.29, 0.717) is 0 Å². The Balaban J connectivity index is 0.000000345. The van der Waals surface area contributed by atoms with Crippen molar-refractivity contribution in [3.63, 3.8) is 0 Å². The van der Waals surface area contributed by atoms with Crippen molar-refractivity contribution in [2.45, 2.75) is 20.8 Å². The Kier molecular flexibility index (Phi) is 30.7. The van der Waals surface area contributed by atoms with E-state index in [1.54, 1.807) is 26.0 Å². The summed E-state index contributed by atoms with van der Waals surface area (Å²) in [5.74, 6) is 0. The van der Waals surface area contributed by atoms with Crippen molar-refractivity contribution in [2.75, 3.05) is 219 Å². The van der Waals surface area contributed by atoms with Gasteiger partial charge in [-0.05, 0) is 40.8 Å². The predicted molar refractivity (Wildman–Crippen MR) is 236 cm³/mol. The van der Waals surface area contributed by atoms with Crippen LogP contribution in [0.3, 0.4) is 0 Å². The van der Waals surface area contributed by atoms with Gasteiger partial charge in [-0.15, -0.1) is 0 Å². The monoisotopic (exact) mass is 814 g/mol. The van der Waals surface area contributed by atoms with Crippen LogP contribution in [0.1, 0.15) is 20.8 Å². The van der Waals surface area contributed by atoms with Gasteiger partial charge in [0.1, 0.15) is 0 Å². The minimum Gasteiger partial charge on any atom is -0.341 e. The number of hydrogen-bond acceptors (Lipinski definition) is 12. The zero-order valence-corrected chi connectivity index (χ0v) is 37.8. The molecule has 0 saturated carbocycles. The maximum Gasteiger partial charge on any atom is 0.317 e. The first-order valence-electron chi connectivity index (χ1n) is 21.8. The van der Waals surface area contributed by atoms with Crippen molar-refractivity contribution in [1.29, 1.82) is 0 Å². The third-order valence-electron chi connectivity index (χ3n) is 11.0. The molecule has 0 aromatic rings. The molecule has 0 aliphatic carbocycles. The Hall–Kier alpha value is -2.55. The van der Waals surface area contributed by atoms with E-state index < -0.39 is 0 Å². The van der Waals surface area contributed by atoms with Gasteiger partial charge >= 0.3 is 18.1 Å². The minimum atomic E-state index is 0.0292. The van der Waals surface area contributed by atoms with Gasteiger partial charge in [-0.1, -0.05) is 20.8 Å². The van der Waals surface area contributed by atoms with Crippen LogP contribution in [0, 0.1) is 0 Å². The number of nitrogens with one attached hydrogen (secondary N) is 6. The van der Waals surface area contributed by atoms with Gasteiger partial charge < -0.3 is 76.0 Å². The lowest BCUT2D eigenvalue weighted by molar-refractivity contribution is 0.144. The van der Waals surface area contributed by atoms with Crippen LogP contribution in [-0.4, -0.2) is 281 Å². The highest BCUT2D eigenvalue weighted by Crippen LogP contribution is 2.01. The van der Waals surface area contributed by atoms with Gasteiger partial charge in [0.15, 0.2) is 0 Å². The Morgan fingerprint density at radius 2 is 0.614 bits per heavy atom. The summed E-state index contributed by atoms with van der Waals surface area (Å²) in [7, 11) is 11.4. The van der Waals surface area contributed by atoms with Crippen LogP contribution in [-0.2, 0) is 0 Å². The fourth-order valence-electron chi connectivity index (χ4n) is 6.59. The molecule has 18 nitrogen and oxygen atoms in total. The second-order valence-electron chi connectivity index (χ2n) is 15.1. The molecule has 6 amide bonds. The lowest BCUT2D eigenvalue weighted by Gasteiger charge is -2.33. The van der Waals surface area contributed by atoms with Crippen LogP contribution >= 0.6 is 0 Å². The summed E-state index contributed by atoms with van der Waals surface area (Å²) in [4.78, 5) is 52.9. The highest BCUT2D eigenvalue weighted by Gasteiger charge is 2.19. The Morgan fingerprint density at radius 3 is 0.912 bits per heavy atom. The number of hydrogen-bond donors (Lipinski definition) is 6. The lowest BCUT2D eigenvalue weighted by atomic mass is 10.3. The van der Waals surface area contributed by atoms with Gasteiger partial charge in [-0.3, -0.25) is 0 Å². The van der Waals surface area contributed by atoms with E-state index >= 15 is 0 Å². The average Bonchev–Trinajstić information content (AvgIpc) is 3.28. The van der Waals surface area contributed by atoms with E-state index in [0.717, 1.165) is 98.2 Å². The summed E-state index contributed by atoms with van der Waals surface area (Å²) < 4.78 is 0. The van der Waals surface area contributed by atoms with E-state index in [9.17, 15) is 14.4 Å². The number of carbonyl (C=O) groups excluding carboxylic acids is 3. The van der Waals surface area contributed by atoms with Crippen molar-refractivity contribution in [2.24, 2.45) is 0 Å². The Labute approximate surface area is 347 Å². The van der Waals surface area contributed by atoms with Gasteiger partial charge in [0.25, 0.3) is 0 Å². The zero-order valence-electron chi connectivity index (χ0n) is 37.8. The minimum absolute atomic E-state index is 0.0292. The van der Waals surface area contributed by atoms with Gasteiger partial charge in [0, 0.05) is 178 Å². The van der Waals surface area contributed by atoms with Crippen molar-refractivity contribution < 1.29 is 14.4 Å². The van der Waals surface area contributed by atoms with Crippen molar-refractivity contribution >= 4 is 18.1 Å². The topological polar surface area (TPSA) is 153 Å². The molecule has 0 radical (unpaired) electrons.